The summed E-state index contributed by atoms with van der Waals surface area (Å²) in [6.45, 7) is 6.29. The van der Waals surface area contributed by atoms with Crippen LogP contribution in [0.3, 0.4) is 0 Å². The normalized spacial score (nSPS) is 11.5. The van der Waals surface area contributed by atoms with E-state index in [4.69, 9.17) is 14.1 Å². The minimum Gasteiger partial charge on any atom is -0.454 e. The highest BCUT2D eigenvalue weighted by atomic mass is 32.1. The summed E-state index contributed by atoms with van der Waals surface area (Å²) in [4.78, 5) is 29.7. The standard InChI is InChI=1S/C24H25N3O4S2/c1-24(2,3)31-23(29)26-11-6-10-25-21(28)20-16(9-12-32-20)22-27-17(14-33-22)19-13-15-7-4-5-8-18(15)30-19/h4-5,7-9,12-14H,6,10-11H2,1-3H3,(H,25,28)(H,26,29). The molecule has 0 aliphatic carbocycles. The summed E-state index contributed by atoms with van der Waals surface area (Å²) in [5.74, 6) is 0.551. The number of thiazole rings is 1. The number of hydrogen-bond acceptors (Lipinski definition) is 7. The van der Waals surface area contributed by atoms with Crippen LogP contribution < -0.4 is 10.6 Å². The predicted octanol–water partition coefficient (Wildman–Crippen LogP) is 5.93. The lowest BCUT2D eigenvalue weighted by Crippen LogP contribution is -2.34. The Morgan fingerprint density at radius 1 is 1.09 bits per heavy atom. The molecular weight excluding hydrogens is 458 g/mol. The molecule has 4 aromatic rings. The van der Waals surface area contributed by atoms with Gasteiger partial charge in [0.15, 0.2) is 5.76 Å². The fraction of sp³-hybridized carbons (Fsp3) is 0.292. The molecule has 172 valence electrons. The number of para-hydroxylation sites is 1. The molecule has 2 amide bonds. The van der Waals surface area contributed by atoms with Crippen LogP contribution in [0.1, 0.15) is 36.9 Å². The molecule has 3 heterocycles. The third-order valence-electron chi connectivity index (χ3n) is 4.59. The lowest BCUT2D eigenvalue weighted by Gasteiger charge is -2.19. The Labute approximate surface area is 199 Å². The average molecular weight is 484 g/mol. The molecule has 0 saturated carbocycles. The third kappa shape index (κ3) is 5.80. The molecule has 4 rings (SSSR count). The molecule has 7 nitrogen and oxygen atoms in total. The van der Waals surface area contributed by atoms with Crippen LogP contribution in [-0.2, 0) is 4.74 Å². The molecule has 9 heteroatoms. The third-order valence-corrected chi connectivity index (χ3v) is 6.38. The fourth-order valence-electron chi connectivity index (χ4n) is 3.15. The van der Waals surface area contributed by atoms with Gasteiger partial charge in [0.05, 0.1) is 0 Å². The van der Waals surface area contributed by atoms with Crippen molar-refractivity contribution in [2.45, 2.75) is 32.8 Å². The molecule has 0 saturated heterocycles. The van der Waals surface area contributed by atoms with Gasteiger partial charge in [0.2, 0.25) is 0 Å². The van der Waals surface area contributed by atoms with Gasteiger partial charge >= 0.3 is 6.09 Å². The van der Waals surface area contributed by atoms with Crippen molar-refractivity contribution in [3.05, 3.63) is 52.0 Å². The zero-order valence-electron chi connectivity index (χ0n) is 18.6. The molecule has 0 bridgehead atoms. The smallest absolute Gasteiger partial charge is 0.407 e. The van der Waals surface area contributed by atoms with Crippen molar-refractivity contribution in [3.8, 4) is 22.0 Å². The van der Waals surface area contributed by atoms with Gasteiger partial charge in [-0.05, 0) is 50.8 Å². The summed E-state index contributed by atoms with van der Waals surface area (Å²) < 4.78 is 11.1. The molecule has 0 atom stereocenters. The maximum Gasteiger partial charge on any atom is 0.407 e. The van der Waals surface area contributed by atoms with Crippen LogP contribution in [0.5, 0.6) is 0 Å². The van der Waals surface area contributed by atoms with Gasteiger partial charge < -0.3 is 19.8 Å². The molecule has 1 aromatic carbocycles. The SMILES string of the molecule is CC(C)(C)OC(=O)NCCCNC(=O)c1sccc1-c1nc(-c2cc3ccccc3o2)cs1. The number of amides is 2. The Balaban J connectivity index is 1.34. The average Bonchev–Trinajstić information content (AvgIpc) is 3.50. The van der Waals surface area contributed by atoms with E-state index in [1.807, 2.05) is 67.9 Å². The van der Waals surface area contributed by atoms with Crippen molar-refractivity contribution < 1.29 is 18.7 Å². The monoisotopic (exact) mass is 483 g/mol. The number of rotatable bonds is 7. The van der Waals surface area contributed by atoms with E-state index in [-0.39, 0.29) is 5.91 Å². The second-order valence-electron chi connectivity index (χ2n) is 8.39. The van der Waals surface area contributed by atoms with E-state index in [0.717, 1.165) is 27.2 Å². The van der Waals surface area contributed by atoms with Crippen LogP contribution in [0.2, 0.25) is 0 Å². The highest BCUT2D eigenvalue weighted by Crippen LogP contribution is 2.35. The number of aromatic nitrogens is 1. The van der Waals surface area contributed by atoms with Gasteiger partial charge in [0, 0.05) is 29.4 Å². The lowest BCUT2D eigenvalue weighted by molar-refractivity contribution is 0.0527. The van der Waals surface area contributed by atoms with Crippen molar-refractivity contribution in [2.75, 3.05) is 13.1 Å². The van der Waals surface area contributed by atoms with Crippen LogP contribution in [0.15, 0.2) is 51.6 Å². The lowest BCUT2D eigenvalue weighted by atomic mass is 10.2. The molecule has 0 aliphatic rings. The summed E-state index contributed by atoms with van der Waals surface area (Å²) in [6.07, 6.45) is 0.137. The molecule has 0 fully saturated rings. The summed E-state index contributed by atoms with van der Waals surface area (Å²) in [7, 11) is 0. The summed E-state index contributed by atoms with van der Waals surface area (Å²) in [6, 6.07) is 11.7. The van der Waals surface area contributed by atoms with Gasteiger partial charge in [-0.3, -0.25) is 4.79 Å². The Bertz CT molecular complexity index is 1230. The van der Waals surface area contributed by atoms with E-state index >= 15 is 0 Å². The van der Waals surface area contributed by atoms with Gasteiger partial charge in [-0.2, -0.15) is 0 Å². The zero-order chi connectivity index (χ0) is 23.4. The maximum absolute atomic E-state index is 12.7. The van der Waals surface area contributed by atoms with E-state index in [1.165, 1.54) is 22.7 Å². The molecule has 0 aliphatic heterocycles. The first-order valence-corrected chi connectivity index (χ1v) is 12.3. The van der Waals surface area contributed by atoms with Gasteiger partial charge in [0.1, 0.15) is 26.8 Å². The Kier molecular flexibility index (Phi) is 6.80. The van der Waals surface area contributed by atoms with E-state index < -0.39 is 11.7 Å². The van der Waals surface area contributed by atoms with Gasteiger partial charge in [-0.25, -0.2) is 9.78 Å². The highest BCUT2D eigenvalue weighted by Gasteiger charge is 2.19. The molecule has 0 unspecified atom stereocenters. The molecule has 0 spiro atoms. The predicted molar refractivity (Wildman–Crippen MR) is 132 cm³/mol. The van der Waals surface area contributed by atoms with E-state index in [0.29, 0.717) is 30.1 Å². The first-order valence-electron chi connectivity index (χ1n) is 10.6. The number of furan rings is 1. The Morgan fingerprint density at radius 3 is 2.67 bits per heavy atom. The first kappa shape index (κ1) is 23.0. The summed E-state index contributed by atoms with van der Waals surface area (Å²) in [5.41, 5.74) is 1.83. The second-order valence-corrected chi connectivity index (χ2v) is 10.2. The van der Waals surface area contributed by atoms with Crippen LogP contribution in [0, 0.1) is 0 Å². The zero-order valence-corrected chi connectivity index (χ0v) is 20.3. The molecule has 0 radical (unpaired) electrons. The molecule has 3 aromatic heterocycles. The number of carbonyl (C=O) groups is 2. The van der Waals surface area contributed by atoms with Crippen molar-refractivity contribution in [2.24, 2.45) is 0 Å². The highest BCUT2D eigenvalue weighted by molar-refractivity contribution is 7.15. The summed E-state index contributed by atoms with van der Waals surface area (Å²) >= 11 is 2.86. The molecular formula is C24H25N3O4S2. The van der Waals surface area contributed by atoms with Gasteiger partial charge in [-0.15, -0.1) is 22.7 Å². The van der Waals surface area contributed by atoms with Crippen LogP contribution >= 0.6 is 22.7 Å². The topological polar surface area (TPSA) is 93.5 Å². The minimum atomic E-state index is -0.534. The van der Waals surface area contributed by atoms with Crippen molar-refractivity contribution in [1.82, 2.24) is 15.6 Å². The molecule has 33 heavy (non-hydrogen) atoms. The van der Waals surface area contributed by atoms with Crippen molar-refractivity contribution >= 4 is 45.6 Å². The van der Waals surface area contributed by atoms with Crippen LogP contribution in [0.25, 0.3) is 33.0 Å². The number of ether oxygens (including phenoxy) is 1. The van der Waals surface area contributed by atoms with Crippen molar-refractivity contribution in [3.63, 3.8) is 0 Å². The Morgan fingerprint density at radius 2 is 1.88 bits per heavy atom. The first-order chi connectivity index (χ1) is 15.8. The van der Waals surface area contributed by atoms with E-state index in [2.05, 4.69) is 10.6 Å². The number of fused-ring (bicyclic) bond motifs is 1. The fourth-order valence-corrected chi connectivity index (χ4v) is 4.86. The summed E-state index contributed by atoms with van der Waals surface area (Å²) in [5, 5.41) is 11.2. The number of thiophene rings is 1. The van der Waals surface area contributed by atoms with E-state index in [9.17, 15) is 9.59 Å². The largest absolute Gasteiger partial charge is 0.454 e. The van der Waals surface area contributed by atoms with E-state index in [1.54, 1.807) is 0 Å². The maximum atomic E-state index is 12.7. The number of nitrogens with zero attached hydrogens (tertiary/aromatic N) is 1. The number of carbonyl (C=O) groups excluding carboxylic acids is 2. The Hall–Kier alpha value is -3.17. The number of hydrogen-bond donors (Lipinski definition) is 2. The molecule has 2 N–H and O–H groups in total. The number of benzene rings is 1. The van der Waals surface area contributed by atoms with Crippen LogP contribution in [0.4, 0.5) is 4.79 Å². The van der Waals surface area contributed by atoms with Gasteiger partial charge in [0.25, 0.3) is 5.91 Å². The minimum absolute atomic E-state index is 0.155. The second kappa shape index (κ2) is 9.76. The van der Waals surface area contributed by atoms with Crippen LogP contribution in [-0.4, -0.2) is 35.7 Å². The quantitative estimate of drug-likeness (QED) is 0.318. The van der Waals surface area contributed by atoms with Crippen molar-refractivity contribution in [1.29, 1.82) is 0 Å². The van der Waals surface area contributed by atoms with Gasteiger partial charge in [-0.1, -0.05) is 18.2 Å². The number of nitrogens with one attached hydrogen (secondary N) is 2. The number of alkyl carbamates (subject to hydrolysis) is 1.